The molecule has 19 heavy (non-hydrogen) atoms. The van der Waals surface area contributed by atoms with E-state index in [4.69, 9.17) is 5.73 Å². The number of carbonyl (C=O) groups excluding carboxylic acids is 1. The summed E-state index contributed by atoms with van der Waals surface area (Å²) in [7, 11) is 0. The minimum Gasteiger partial charge on any atom is -0.348 e. The summed E-state index contributed by atoms with van der Waals surface area (Å²) in [6, 6.07) is 3.66. The first-order chi connectivity index (χ1) is 9.19. The van der Waals surface area contributed by atoms with E-state index in [0.29, 0.717) is 12.2 Å². The highest BCUT2D eigenvalue weighted by atomic mass is 16.2. The van der Waals surface area contributed by atoms with Gasteiger partial charge in [0.05, 0.1) is 17.9 Å². The van der Waals surface area contributed by atoms with E-state index in [-0.39, 0.29) is 18.5 Å². The van der Waals surface area contributed by atoms with E-state index < -0.39 is 0 Å². The molecule has 0 aliphatic rings. The monoisotopic (exact) mass is 260 g/mol. The maximum atomic E-state index is 11.8. The fraction of sp³-hybridized carbons (Fsp3) is 0.333. The molecule has 7 nitrogen and oxygen atoms in total. The molecular formula is C12H16N6O. The van der Waals surface area contributed by atoms with E-state index in [2.05, 4.69) is 20.6 Å². The Morgan fingerprint density at radius 1 is 1.47 bits per heavy atom. The molecule has 1 unspecified atom stereocenters. The van der Waals surface area contributed by atoms with E-state index in [1.54, 1.807) is 18.6 Å². The van der Waals surface area contributed by atoms with Gasteiger partial charge in [0.1, 0.15) is 6.54 Å². The van der Waals surface area contributed by atoms with Gasteiger partial charge in [-0.25, -0.2) is 4.68 Å². The standard InChI is InChI=1S/C12H16N6O/c1-9(10-2-4-14-5-3-10)15-12(19)8-18-7-11(6-13)16-17-18/h2-5,7,9H,6,8,13H2,1H3,(H,15,19). The second-order valence-electron chi connectivity index (χ2n) is 4.18. The Balaban J connectivity index is 1.91. The van der Waals surface area contributed by atoms with Crippen molar-refractivity contribution in [1.29, 1.82) is 0 Å². The number of rotatable bonds is 5. The normalized spacial score (nSPS) is 12.1. The number of carbonyl (C=O) groups is 1. The van der Waals surface area contributed by atoms with Crippen LogP contribution in [0.15, 0.2) is 30.7 Å². The predicted octanol–water partition coefficient (Wildman–Crippen LogP) is 0.00920. The van der Waals surface area contributed by atoms with Gasteiger partial charge in [0.15, 0.2) is 0 Å². The summed E-state index contributed by atoms with van der Waals surface area (Å²) in [5, 5.41) is 10.5. The highest BCUT2D eigenvalue weighted by Crippen LogP contribution is 2.09. The van der Waals surface area contributed by atoms with Crippen LogP contribution in [-0.4, -0.2) is 25.9 Å². The first-order valence-electron chi connectivity index (χ1n) is 5.97. The number of hydrogen-bond donors (Lipinski definition) is 2. The van der Waals surface area contributed by atoms with E-state index in [1.165, 1.54) is 4.68 Å². The van der Waals surface area contributed by atoms with Gasteiger partial charge in [0.2, 0.25) is 5.91 Å². The molecule has 0 bridgehead atoms. The number of pyridine rings is 1. The zero-order valence-electron chi connectivity index (χ0n) is 10.7. The fourth-order valence-corrected chi connectivity index (χ4v) is 1.68. The van der Waals surface area contributed by atoms with Crippen molar-refractivity contribution in [3.8, 4) is 0 Å². The Hall–Kier alpha value is -2.28. The predicted molar refractivity (Wildman–Crippen MR) is 68.7 cm³/mol. The third-order valence-electron chi connectivity index (χ3n) is 2.68. The van der Waals surface area contributed by atoms with Crippen LogP contribution in [0.2, 0.25) is 0 Å². The van der Waals surface area contributed by atoms with Crippen molar-refractivity contribution < 1.29 is 4.79 Å². The summed E-state index contributed by atoms with van der Waals surface area (Å²) < 4.78 is 1.47. The molecule has 2 aromatic heterocycles. The minimum absolute atomic E-state index is 0.0759. The van der Waals surface area contributed by atoms with Crippen LogP contribution in [0.3, 0.4) is 0 Å². The molecule has 3 N–H and O–H groups in total. The van der Waals surface area contributed by atoms with Gasteiger partial charge in [-0.15, -0.1) is 5.10 Å². The highest BCUT2D eigenvalue weighted by Gasteiger charge is 2.10. The van der Waals surface area contributed by atoms with E-state index in [1.807, 2.05) is 19.1 Å². The van der Waals surface area contributed by atoms with Gasteiger partial charge >= 0.3 is 0 Å². The largest absolute Gasteiger partial charge is 0.348 e. The quantitative estimate of drug-likeness (QED) is 0.789. The summed E-state index contributed by atoms with van der Waals surface area (Å²) in [5.74, 6) is -0.127. The molecule has 0 fully saturated rings. The topological polar surface area (TPSA) is 98.7 Å². The van der Waals surface area contributed by atoms with Gasteiger partial charge in [-0.2, -0.15) is 0 Å². The third-order valence-corrected chi connectivity index (χ3v) is 2.68. The number of nitrogens with zero attached hydrogens (tertiary/aromatic N) is 4. The SMILES string of the molecule is CC(NC(=O)Cn1cc(CN)nn1)c1ccncc1. The van der Waals surface area contributed by atoms with Gasteiger partial charge in [-0.05, 0) is 24.6 Å². The molecule has 0 saturated carbocycles. The molecule has 0 aliphatic carbocycles. The summed E-state index contributed by atoms with van der Waals surface area (Å²) in [6.45, 7) is 2.36. The van der Waals surface area contributed by atoms with Crippen molar-refractivity contribution in [2.24, 2.45) is 5.73 Å². The molecule has 100 valence electrons. The smallest absolute Gasteiger partial charge is 0.242 e. The molecule has 2 rings (SSSR count). The van der Waals surface area contributed by atoms with Gasteiger partial charge in [0.25, 0.3) is 0 Å². The lowest BCUT2D eigenvalue weighted by atomic mass is 10.1. The molecule has 0 aliphatic heterocycles. The minimum atomic E-state index is -0.127. The molecule has 0 radical (unpaired) electrons. The Morgan fingerprint density at radius 2 is 2.21 bits per heavy atom. The first kappa shape index (κ1) is 13.2. The maximum absolute atomic E-state index is 11.8. The zero-order valence-corrected chi connectivity index (χ0v) is 10.7. The Labute approximate surface area is 110 Å². The van der Waals surface area contributed by atoms with Crippen LogP contribution in [0.1, 0.15) is 24.2 Å². The van der Waals surface area contributed by atoms with Crippen LogP contribution in [0, 0.1) is 0 Å². The highest BCUT2D eigenvalue weighted by molar-refractivity contribution is 5.76. The Morgan fingerprint density at radius 3 is 2.84 bits per heavy atom. The van der Waals surface area contributed by atoms with Crippen LogP contribution in [0.25, 0.3) is 0 Å². The second kappa shape index (κ2) is 6.05. The average Bonchev–Trinajstić information content (AvgIpc) is 2.87. The van der Waals surface area contributed by atoms with Gasteiger partial charge in [0, 0.05) is 18.9 Å². The second-order valence-corrected chi connectivity index (χ2v) is 4.18. The molecule has 0 aromatic carbocycles. The molecule has 1 amide bonds. The van der Waals surface area contributed by atoms with Crippen LogP contribution in [-0.2, 0) is 17.9 Å². The van der Waals surface area contributed by atoms with Crippen molar-refractivity contribution in [3.05, 3.63) is 42.0 Å². The van der Waals surface area contributed by atoms with Gasteiger partial charge < -0.3 is 11.1 Å². The van der Waals surface area contributed by atoms with Crippen LogP contribution < -0.4 is 11.1 Å². The van der Waals surface area contributed by atoms with Crippen LogP contribution in [0.5, 0.6) is 0 Å². The molecule has 0 spiro atoms. The molecule has 7 heteroatoms. The molecule has 2 heterocycles. The van der Waals surface area contributed by atoms with Crippen LogP contribution >= 0.6 is 0 Å². The number of nitrogens with one attached hydrogen (secondary N) is 1. The molecule has 2 aromatic rings. The molecular weight excluding hydrogens is 244 g/mol. The molecule has 1 atom stereocenters. The maximum Gasteiger partial charge on any atom is 0.242 e. The van der Waals surface area contributed by atoms with E-state index in [9.17, 15) is 4.79 Å². The Bertz CT molecular complexity index is 538. The lowest BCUT2D eigenvalue weighted by Gasteiger charge is -2.13. The lowest BCUT2D eigenvalue weighted by molar-refractivity contribution is -0.122. The van der Waals surface area contributed by atoms with E-state index >= 15 is 0 Å². The van der Waals surface area contributed by atoms with Crippen molar-refractivity contribution >= 4 is 5.91 Å². The van der Waals surface area contributed by atoms with E-state index in [0.717, 1.165) is 5.56 Å². The average molecular weight is 260 g/mol. The van der Waals surface area contributed by atoms with Crippen molar-refractivity contribution in [1.82, 2.24) is 25.3 Å². The van der Waals surface area contributed by atoms with Crippen molar-refractivity contribution in [2.45, 2.75) is 26.1 Å². The number of hydrogen-bond acceptors (Lipinski definition) is 5. The number of aromatic nitrogens is 4. The van der Waals surface area contributed by atoms with Gasteiger partial charge in [-0.1, -0.05) is 5.21 Å². The summed E-state index contributed by atoms with van der Waals surface area (Å²) >= 11 is 0. The van der Waals surface area contributed by atoms with Crippen molar-refractivity contribution in [3.63, 3.8) is 0 Å². The zero-order chi connectivity index (χ0) is 13.7. The third kappa shape index (κ3) is 3.59. The number of nitrogens with two attached hydrogens (primary N) is 1. The first-order valence-corrected chi connectivity index (χ1v) is 5.97. The summed E-state index contributed by atoms with van der Waals surface area (Å²) in [6.07, 6.45) is 5.06. The number of amides is 1. The lowest BCUT2D eigenvalue weighted by Crippen LogP contribution is -2.30. The Kier molecular flexibility index (Phi) is 4.19. The van der Waals surface area contributed by atoms with Gasteiger partial charge in [-0.3, -0.25) is 9.78 Å². The summed E-state index contributed by atoms with van der Waals surface area (Å²) in [4.78, 5) is 15.8. The van der Waals surface area contributed by atoms with Crippen LogP contribution in [0.4, 0.5) is 0 Å². The fourth-order valence-electron chi connectivity index (χ4n) is 1.68. The summed E-state index contributed by atoms with van der Waals surface area (Å²) in [5.41, 5.74) is 7.09. The van der Waals surface area contributed by atoms with Crippen molar-refractivity contribution in [2.75, 3.05) is 0 Å². The molecule has 0 saturated heterocycles.